The highest BCUT2D eigenvalue weighted by Gasteiger charge is 2.29. The first-order valence-corrected chi connectivity index (χ1v) is 9.61. The maximum atomic E-state index is 13.4. The van der Waals surface area contributed by atoms with E-state index >= 15 is 0 Å². The van der Waals surface area contributed by atoms with E-state index in [1.54, 1.807) is 12.4 Å². The van der Waals surface area contributed by atoms with Gasteiger partial charge in [0.05, 0.1) is 17.5 Å². The van der Waals surface area contributed by atoms with Crippen LogP contribution < -0.4 is 0 Å². The summed E-state index contributed by atoms with van der Waals surface area (Å²) < 4.78 is 1.94. The van der Waals surface area contributed by atoms with Crippen LogP contribution in [0.1, 0.15) is 41.6 Å². The van der Waals surface area contributed by atoms with Crippen molar-refractivity contribution in [3.8, 4) is 11.3 Å². The number of hydrogen-bond donors (Lipinski definition) is 1. The zero-order valence-corrected chi connectivity index (χ0v) is 15.6. The molecule has 1 atom stereocenters. The summed E-state index contributed by atoms with van der Waals surface area (Å²) in [6, 6.07) is 10.3. The number of nitrogens with zero attached hydrogens (tertiary/aromatic N) is 4. The van der Waals surface area contributed by atoms with Crippen molar-refractivity contribution in [3.63, 3.8) is 0 Å². The number of aryl methyl sites for hydroxylation is 2. The lowest BCUT2D eigenvalue weighted by Gasteiger charge is -2.36. The molecule has 6 heteroatoms. The van der Waals surface area contributed by atoms with Crippen molar-refractivity contribution in [3.05, 3.63) is 60.0 Å². The van der Waals surface area contributed by atoms with Gasteiger partial charge in [0.1, 0.15) is 0 Å². The minimum Gasteiger partial charge on any atom is -0.335 e. The summed E-state index contributed by atoms with van der Waals surface area (Å²) in [7, 11) is 0. The summed E-state index contributed by atoms with van der Waals surface area (Å²) >= 11 is 0. The molecule has 4 rings (SSSR count). The maximum Gasteiger partial charge on any atom is 0.257 e. The van der Waals surface area contributed by atoms with Crippen LogP contribution in [0, 0.1) is 6.92 Å². The molecule has 6 nitrogen and oxygen atoms in total. The van der Waals surface area contributed by atoms with Gasteiger partial charge in [0.25, 0.3) is 5.91 Å². The van der Waals surface area contributed by atoms with Crippen LogP contribution in [-0.2, 0) is 6.54 Å². The van der Waals surface area contributed by atoms with Crippen molar-refractivity contribution < 1.29 is 4.79 Å². The Morgan fingerprint density at radius 3 is 3.04 bits per heavy atom. The number of nitrogens with one attached hydrogen (secondary N) is 1. The molecular formula is C21H25N5O. The van der Waals surface area contributed by atoms with Gasteiger partial charge < -0.3 is 4.90 Å². The van der Waals surface area contributed by atoms with Crippen molar-refractivity contribution in [1.29, 1.82) is 0 Å². The van der Waals surface area contributed by atoms with E-state index in [-0.39, 0.29) is 11.9 Å². The zero-order chi connectivity index (χ0) is 18.6. The van der Waals surface area contributed by atoms with E-state index in [9.17, 15) is 4.79 Å². The number of amides is 1. The molecular weight excluding hydrogens is 338 g/mol. The van der Waals surface area contributed by atoms with Gasteiger partial charge in [0.2, 0.25) is 0 Å². The Kier molecular flexibility index (Phi) is 5.05. The number of benzene rings is 1. The van der Waals surface area contributed by atoms with Crippen LogP contribution in [0.4, 0.5) is 0 Å². The van der Waals surface area contributed by atoms with Gasteiger partial charge in [-0.15, -0.1) is 0 Å². The van der Waals surface area contributed by atoms with Crippen molar-refractivity contribution in [2.45, 2.75) is 45.2 Å². The summed E-state index contributed by atoms with van der Waals surface area (Å²) in [5.74, 6) is 0.0745. The van der Waals surface area contributed by atoms with E-state index in [1.807, 2.05) is 34.0 Å². The number of aromatic amines is 1. The van der Waals surface area contributed by atoms with Crippen molar-refractivity contribution in [1.82, 2.24) is 24.9 Å². The molecule has 0 bridgehead atoms. The first kappa shape index (κ1) is 17.5. The summed E-state index contributed by atoms with van der Waals surface area (Å²) in [5, 5.41) is 11.5. The molecule has 0 spiro atoms. The Hall–Kier alpha value is -2.89. The molecule has 3 heterocycles. The molecule has 1 saturated heterocycles. The second-order valence-electron chi connectivity index (χ2n) is 7.23. The van der Waals surface area contributed by atoms with E-state index < -0.39 is 0 Å². The Bertz CT molecular complexity index is 899. The summed E-state index contributed by atoms with van der Waals surface area (Å²) in [6.07, 6.45) is 9.63. The van der Waals surface area contributed by atoms with E-state index in [0.29, 0.717) is 5.56 Å². The molecule has 0 radical (unpaired) electrons. The van der Waals surface area contributed by atoms with Gasteiger partial charge in [-0.25, -0.2) is 0 Å². The smallest absolute Gasteiger partial charge is 0.257 e. The van der Waals surface area contributed by atoms with Crippen molar-refractivity contribution in [2.24, 2.45) is 0 Å². The molecule has 140 valence electrons. The summed E-state index contributed by atoms with van der Waals surface area (Å²) in [5.41, 5.74) is 3.63. The largest absolute Gasteiger partial charge is 0.335 e. The minimum absolute atomic E-state index is 0.0745. The monoisotopic (exact) mass is 363 g/mol. The van der Waals surface area contributed by atoms with Crippen LogP contribution in [0.3, 0.4) is 0 Å². The van der Waals surface area contributed by atoms with Crippen LogP contribution >= 0.6 is 0 Å². The highest BCUT2D eigenvalue weighted by atomic mass is 16.2. The van der Waals surface area contributed by atoms with E-state index in [2.05, 4.69) is 34.4 Å². The fourth-order valence-corrected chi connectivity index (χ4v) is 3.91. The SMILES string of the molecule is Cc1cccc(-c2[nH]ncc2C(=O)N2CCCC[C@@H]2CCn2cccn2)c1. The molecule has 1 amide bonds. The van der Waals surface area contributed by atoms with Gasteiger partial charge in [-0.1, -0.05) is 23.8 Å². The van der Waals surface area contributed by atoms with E-state index in [0.717, 1.165) is 49.2 Å². The first-order valence-electron chi connectivity index (χ1n) is 9.61. The van der Waals surface area contributed by atoms with E-state index in [1.165, 1.54) is 6.42 Å². The predicted molar refractivity (Wildman–Crippen MR) is 104 cm³/mol. The van der Waals surface area contributed by atoms with E-state index in [4.69, 9.17) is 0 Å². The Morgan fingerprint density at radius 2 is 2.22 bits per heavy atom. The van der Waals surface area contributed by atoms with Crippen LogP contribution in [0.15, 0.2) is 48.9 Å². The molecule has 1 aromatic carbocycles. The number of aromatic nitrogens is 4. The summed E-state index contributed by atoms with van der Waals surface area (Å²) in [4.78, 5) is 15.4. The first-order chi connectivity index (χ1) is 13.2. The van der Waals surface area contributed by atoms with Gasteiger partial charge in [0.15, 0.2) is 0 Å². The van der Waals surface area contributed by atoms with Gasteiger partial charge in [-0.3, -0.25) is 14.6 Å². The zero-order valence-electron chi connectivity index (χ0n) is 15.6. The average Bonchev–Trinajstić information content (AvgIpc) is 3.38. The number of likely N-dealkylation sites (tertiary alicyclic amines) is 1. The molecule has 0 aliphatic carbocycles. The number of rotatable bonds is 5. The summed E-state index contributed by atoms with van der Waals surface area (Å²) in [6.45, 7) is 3.69. The van der Waals surface area contributed by atoms with Crippen LogP contribution in [0.25, 0.3) is 11.3 Å². The molecule has 27 heavy (non-hydrogen) atoms. The highest BCUT2D eigenvalue weighted by molar-refractivity contribution is 6.00. The molecule has 1 N–H and O–H groups in total. The van der Waals surface area contributed by atoms with Crippen LogP contribution in [0.5, 0.6) is 0 Å². The standard InChI is InChI=1S/C21H25N5O/c1-16-6-4-7-17(14-16)20-19(15-22-24-20)21(27)26-12-3-2-8-18(26)9-13-25-11-5-10-23-25/h4-7,10-11,14-15,18H,2-3,8-9,12-13H2,1H3,(H,22,24)/t18-/m1/s1. The fraction of sp³-hybridized carbons (Fsp3) is 0.381. The molecule has 3 aromatic rings. The lowest BCUT2D eigenvalue weighted by Crippen LogP contribution is -2.44. The van der Waals surface area contributed by atoms with Crippen LogP contribution in [0.2, 0.25) is 0 Å². The van der Waals surface area contributed by atoms with Gasteiger partial charge in [-0.2, -0.15) is 10.2 Å². The number of carbonyl (C=O) groups is 1. The highest BCUT2D eigenvalue weighted by Crippen LogP contribution is 2.27. The normalized spacial score (nSPS) is 17.2. The third kappa shape index (κ3) is 3.79. The maximum absolute atomic E-state index is 13.4. The lowest BCUT2D eigenvalue weighted by atomic mass is 9.97. The molecule has 0 unspecified atom stereocenters. The minimum atomic E-state index is 0.0745. The number of carbonyl (C=O) groups excluding carboxylic acids is 1. The second kappa shape index (κ2) is 7.78. The number of hydrogen-bond acceptors (Lipinski definition) is 3. The topological polar surface area (TPSA) is 66.8 Å². The Morgan fingerprint density at radius 1 is 1.30 bits per heavy atom. The fourth-order valence-electron chi connectivity index (χ4n) is 3.91. The van der Waals surface area contributed by atoms with Crippen molar-refractivity contribution in [2.75, 3.05) is 6.54 Å². The molecule has 0 saturated carbocycles. The number of H-pyrrole nitrogens is 1. The third-order valence-corrected chi connectivity index (χ3v) is 5.32. The lowest BCUT2D eigenvalue weighted by molar-refractivity contribution is 0.0595. The Balaban J connectivity index is 1.55. The number of piperidine rings is 1. The van der Waals surface area contributed by atoms with Crippen molar-refractivity contribution >= 4 is 5.91 Å². The average molecular weight is 363 g/mol. The molecule has 2 aromatic heterocycles. The third-order valence-electron chi connectivity index (χ3n) is 5.32. The molecule has 1 aliphatic heterocycles. The second-order valence-corrected chi connectivity index (χ2v) is 7.23. The Labute approximate surface area is 159 Å². The molecule has 1 fully saturated rings. The van der Waals surface area contributed by atoms with Gasteiger partial charge in [-0.05, 0) is 44.7 Å². The molecule has 1 aliphatic rings. The predicted octanol–water partition coefficient (Wildman–Crippen LogP) is 3.67. The quantitative estimate of drug-likeness (QED) is 0.752. The van der Waals surface area contributed by atoms with Crippen LogP contribution in [-0.4, -0.2) is 43.4 Å². The van der Waals surface area contributed by atoms with Gasteiger partial charge >= 0.3 is 0 Å². The van der Waals surface area contributed by atoms with Gasteiger partial charge in [0, 0.05) is 37.1 Å².